The molecule has 4 nitrogen and oxygen atoms in total. The molecule has 0 bridgehead atoms. The molecule has 0 saturated carbocycles. The van der Waals surface area contributed by atoms with Gasteiger partial charge < -0.3 is 4.57 Å². The van der Waals surface area contributed by atoms with Crippen LogP contribution in [-0.4, -0.2) is 16.2 Å². The van der Waals surface area contributed by atoms with Crippen molar-refractivity contribution in [1.82, 2.24) is 9.99 Å². The molecule has 3 rings (SSSR count). The van der Waals surface area contributed by atoms with Crippen LogP contribution in [0, 0.1) is 0 Å². The van der Waals surface area contributed by atoms with Gasteiger partial charge >= 0.3 is 0 Å². The van der Waals surface area contributed by atoms with Gasteiger partial charge in [-0.25, -0.2) is 5.43 Å². The molecule has 0 saturated heterocycles. The van der Waals surface area contributed by atoms with Crippen molar-refractivity contribution in [1.29, 1.82) is 0 Å². The third-order valence-electron chi connectivity index (χ3n) is 4.00. The number of hydrogen-bond acceptors (Lipinski definition) is 2. The summed E-state index contributed by atoms with van der Waals surface area (Å²) in [6, 6.07) is 21.6. The summed E-state index contributed by atoms with van der Waals surface area (Å²) in [7, 11) is 0. The Morgan fingerprint density at radius 1 is 0.960 bits per heavy atom. The molecule has 0 unspecified atom stereocenters. The zero-order valence-corrected chi connectivity index (χ0v) is 14.2. The maximum Gasteiger partial charge on any atom is 0.273 e. The number of nitrogens with zero attached hydrogens (tertiary/aromatic N) is 2. The first kappa shape index (κ1) is 16.7. The number of rotatable bonds is 6. The highest BCUT2D eigenvalue weighted by Gasteiger charge is 2.11. The van der Waals surface area contributed by atoms with Crippen molar-refractivity contribution in [2.75, 3.05) is 0 Å². The summed E-state index contributed by atoms with van der Waals surface area (Å²) in [5.41, 5.74) is 6.27. The van der Waals surface area contributed by atoms with E-state index < -0.39 is 0 Å². The van der Waals surface area contributed by atoms with E-state index in [4.69, 9.17) is 0 Å². The fourth-order valence-electron chi connectivity index (χ4n) is 2.62. The number of benzene rings is 2. The molecule has 1 amide bonds. The van der Waals surface area contributed by atoms with Crippen molar-refractivity contribution in [3.05, 3.63) is 90.3 Å². The average Bonchev–Trinajstić information content (AvgIpc) is 3.20. The fraction of sp³-hybridized carbons (Fsp3) is 0.143. The Morgan fingerprint density at radius 2 is 1.64 bits per heavy atom. The molecule has 1 aromatic heterocycles. The fourth-order valence-corrected chi connectivity index (χ4v) is 2.62. The highest BCUT2D eigenvalue weighted by molar-refractivity contribution is 5.98. The number of carbonyl (C=O) groups is 1. The largest absolute Gasteiger partial charge is 0.323 e. The van der Waals surface area contributed by atoms with Crippen molar-refractivity contribution in [3.63, 3.8) is 0 Å². The van der Waals surface area contributed by atoms with Crippen LogP contribution in [0.15, 0.2) is 84.2 Å². The lowest BCUT2D eigenvalue weighted by Crippen LogP contribution is -2.21. The number of aromatic nitrogens is 1. The lowest BCUT2D eigenvalue weighted by molar-refractivity contribution is 0.0954. The van der Waals surface area contributed by atoms with Gasteiger partial charge in [0.25, 0.3) is 5.91 Å². The van der Waals surface area contributed by atoms with Crippen LogP contribution in [-0.2, 0) is 6.42 Å². The van der Waals surface area contributed by atoms with E-state index in [1.807, 2.05) is 72.4 Å². The lowest BCUT2D eigenvalue weighted by atomic mass is 10.1. The summed E-state index contributed by atoms with van der Waals surface area (Å²) in [5.74, 6) is -0.205. The minimum Gasteiger partial charge on any atom is -0.323 e. The van der Waals surface area contributed by atoms with Gasteiger partial charge in [0.2, 0.25) is 0 Å². The van der Waals surface area contributed by atoms with Crippen LogP contribution in [0.1, 0.15) is 29.3 Å². The first-order valence-electron chi connectivity index (χ1n) is 8.34. The Labute approximate surface area is 147 Å². The number of hydrogen-bond donors (Lipinski definition) is 1. The van der Waals surface area contributed by atoms with E-state index in [0.29, 0.717) is 5.56 Å². The number of aryl methyl sites for hydroxylation is 1. The van der Waals surface area contributed by atoms with Crippen LogP contribution >= 0.6 is 0 Å². The van der Waals surface area contributed by atoms with Crippen LogP contribution in [0.2, 0.25) is 0 Å². The maximum absolute atomic E-state index is 12.5. The van der Waals surface area contributed by atoms with Gasteiger partial charge in [-0.1, -0.05) is 42.5 Å². The van der Waals surface area contributed by atoms with E-state index in [-0.39, 0.29) is 5.91 Å². The highest BCUT2D eigenvalue weighted by atomic mass is 16.2. The van der Waals surface area contributed by atoms with E-state index in [9.17, 15) is 4.79 Å². The van der Waals surface area contributed by atoms with Gasteiger partial charge in [-0.05, 0) is 49.6 Å². The first-order chi connectivity index (χ1) is 12.2. The van der Waals surface area contributed by atoms with Crippen molar-refractivity contribution in [2.45, 2.75) is 19.8 Å². The van der Waals surface area contributed by atoms with Crippen molar-refractivity contribution < 1.29 is 4.79 Å². The number of para-hydroxylation sites is 1. The minimum absolute atomic E-state index is 0.205. The maximum atomic E-state index is 12.5. The van der Waals surface area contributed by atoms with E-state index in [0.717, 1.165) is 24.2 Å². The van der Waals surface area contributed by atoms with Crippen LogP contribution in [0.4, 0.5) is 0 Å². The number of carbonyl (C=O) groups excluding carboxylic acids is 1. The molecule has 0 aliphatic carbocycles. The Kier molecular flexibility index (Phi) is 5.42. The van der Waals surface area contributed by atoms with Gasteiger partial charge in [-0.15, -0.1) is 0 Å². The normalized spacial score (nSPS) is 11.3. The Bertz CT molecular complexity index is 852. The highest BCUT2D eigenvalue weighted by Crippen LogP contribution is 2.14. The van der Waals surface area contributed by atoms with E-state index >= 15 is 0 Å². The third-order valence-corrected chi connectivity index (χ3v) is 4.00. The van der Waals surface area contributed by atoms with Crippen LogP contribution in [0.25, 0.3) is 5.69 Å². The Morgan fingerprint density at radius 3 is 2.40 bits per heavy atom. The van der Waals surface area contributed by atoms with Crippen LogP contribution < -0.4 is 5.43 Å². The predicted molar refractivity (Wildman–Crippen MR) is 101 cm³/mol. The number of amides is 1. The van der Waals surface area contributed by atoms with Gasteiger partial charge in [0.1, 0.15) is 0 Å². The lowest BCUT2D eigenvalue weighted by Gasteiger charge is -2.09. The molecular formula is C21H21N3O. The molecule has 0 atom stereocenters. The second-order valence-corrected chi connectivity index (χ2v) is 5.88. The van der Waals surface area contributed by atoms with Gasteiger partial charge in [-0.2, -0.15) is 5.10 Å². The quantitative estimate of drug-likeness (QED) is 0.533. The smallest absolute Gasteiger partial charge is 0.273 e. The zero-order valence-electron chi connectivity index (χ0n) is 14.2. The zero-order chi connectivity index (χ0) is 17.5. The first-order valence-corrected chi connectivity index (χ1v) is 8.34. The minimum atomic E-state index is -0.205. The average molecular weight is 331 g/mol. The molecule has 25 heavy (non-hydrogen) atoms. The molecule has 1 heterocycles. The second kappa shape index (κ2) is 8.11. The summed E-state index contributed by atoms with van der Waals surface area (Å²) in [6.07, 6.45) is 5.55. The van der Waals surface area contributed by atoms with Crippen molar-refractivity contribution in [3.8, 4) is 5.69 Å². The molecule has 2 aromatic carbocycles. The van der Waals surface area contributed by atoms with Gasteiger partial charge in [0.15, 0.2) is 0 Å². The van der Waals surface area contributed by atoms with Crippen LogP contribution in [0.3, 0.4) is 0 Å². The summed E-state index contributed by atoms with van der Waals surface area (Å²) in [4.78, 5) is 12.5. The van der Waals surface area contributed by atoms with E-state index in [2.05, 4.69) is 22.7 Å². The Hall–Kier alpha value is -3.14. The van der Waals surface area contributed by atoms with Gasteiger partial charge in [0, 0.05) is 18.1 Å². The molecule has 0 aliphatic heterocycles. The summed E-state index contributed by atoms with van der Waals surface area (Å²) >= 11 is 0. The van der Waals surface area contributed by atoms with Crippen LogP contribution in [0.5, 0.6) is 0 Å². The molecule has 3 aromatic rings. The second-order valence-electron chi connectivity index (χ2n) is 5.88. The third kappa shape index (κ3) is 4.44. The van der Waals surface area contributed by atoms with E-state index in [1.54, 1.807) is 6.07 Å². The molecule has 4 heteroatoms. The number of hydrazone groups is 1. The van der Waals surface area contributed by atoms with E-state index in [1.165, 1.54) is 5.56 Å². The predicted octanol–water partition coefficient (Wildman–Crippen LogP) is 4.22. The monoisotopic (exact) mass is 331 g/mol. The molecule has 0 radical (unpaired) electrons. The molecule has 0 fully saturated rings. The SMILES string of the molecule is C/C(CCc1ccccc1)=N/NC(=O)c1ccccc1-n1cccc1. The standard InChI is InChI=1S/C21H21N3O/c1-17(13-14-18-9-3-2-4-10-18)22-23-21(25)19-11-5-6-12-20(19)24-15-7-8-16-24/h2-12,15-16H,13-14H2,1H3,(H,23,25)/b22-17-. The number of nitrogens with one attached hydrogen (secondary N) is 1. The Balaban J connectivity index is 1.64. The molecule has 0 aliphatic rings. The van der Waals surface area contributed by atoms with Gasteiger partial charge in [-0.3, -0.25) is 4.79 Å². The molecule has 126 valence electrons. The summed E-state index contributed by atoms with van der Waals surface area (Å²) in [6.45, 7) is 1.93. The molecule has 1 N–H and O–H groups in total. The van der Waals surface area contributed by atoms with Gasteiger partial charge in [0.05, 0.1) is 11.3 Å². The molecular weight excluding hydrogens is 310 g/mol. The summed E-state index contributed by atoms with van der Waals surface area (Å²) < 4.78 is 1.92. The topological polar surface area (TPSA) is 46.4 Å². The van der Waals surface area contributed by atoms with Crippen molar-refractivity contribution in [2.24, 2.45) is 5.10 Å². The summed E-state index contributed by atoms with van der Waals surface area (Å²) in [5, 5.41) is 4.25. The van der Waals surface area contributed by atoms with Crippen molar-refractivity contribution >= 4 is 11.6 Å². The molecule has 0 spiro atoms.